The summed E-state index contributed by atoms with van der Waals surface area (Å²) in [5, 5.41) is 0. The minimum absolute atomic E-state index is 0.0837. The maximum atomic E-state index is 12.2. The van der Waals surface area contributed by atoms with Crippen molar-refractivity contribution in [3.05, 3.63) is 46.4 Å². The highest BCUT2D eigenvalue weighted by Crippen LogP contribution is 2.32. The Balaban J connectivity index is 1.73. The third-order valence-corrected chi connectivity index (χ3v) is 3.97. The van der Waals surface area contributed by atoms with E-state index in [0.29, 0.717) is 36.1 Å². The van der Waals surface area contributed by atoms with Crippen molar-refractivity contribution in [3.8, 4) is 5.88 Å². The van der Waals surface area contributed by atoms with E-state index in [-0.39, 0.29) is 11.6 Å². The first-order chi connectivity index (χ1) is 11.2. The van der Waals surface area contributed by atoms with Gasteiger partial charge in [0, 0.05) is 6.54 Å². The van der Waals surface area contributed by atoms with Crippen LogP contribution in [0.4, 0.5) is 5.95 Å². The van der Waals surface area contributed by atoms with Crippen LogP contribution in [0.5, 0.6) is 5.88 Å². The first-order valence-corrected chi connectivity index (χ1v) is 7.63. The minimum atomic E-state index is -0.198. The summed E-state index contributed by atoms with van der Waals surface area (Å²) in [4.78, 5) is 23.2. The predicted octanol–water partition coefficient (Wildman–Crippen LogP) is 1.69. The summed E-state index contributed by atoms with van der Waals surface area (Å²) < 4.78 is 7.49. The standard InChI is InChI=1S/C16H17N5O2/c17-15-18-13-12(21(16(22)19-13)8-10-6-7-10)14(20-15)23-9-11-4-2-1-3-5-11/h1-5,10H,6-9H2,(H3,17,18,19,20,22). The van der Waals surface area contributed by atoms with E-state index < -0.39 is 0 Å². The number of fused-ring (bicyclic) bond motifs is 1. The van der Waals surface area contributed by atoms with Crippen molar-refractivity contribution in [2.75, 3.05) is 5.73 Å². The lowest BCUT2D eigenvalue weighted by Gasteiger charge is -2.09. The first-order valence-electron chi connectivity index (χ1n) is 7.63. The molecule has 0 unspecified atom stereocenters. The van der Waals surface area contributed by atoms with Crippen LogP contribution in [0.3, 0.4) is 0 Å². The average molecular weight is 311 g/mol. The molecule has 1 aliphatic rings. The molecule has 0 atom stereocenters. The molecule has 23 heavy (non-hydrogen) atoms. The number of hydrogen-bond acceptors (Lipinski definition) is 5. The summed E-state index contributed by atoms with van der Waals surface area (Å²) in [6, 6.07) is 9.78. The fourth-order valence-electron chi connectivity index (χ4n) is 2.61. The first kappa shape index (κ1) is 13.8. The van der Waals surface area contributed by atoms with Crippen molar-refractivity contribution in [2.45, 2.75) is 26.0 Å². The zero-order chi connectivity index (χ0) is 15.8. The molecule has 1 aliphatic carbocycles. The Bertz CT molecular complexity index is 896. The van der Waals surface area contributed by atoms with E-state index in [1.165, 1.54) is 0 Å². The van der Waals surface area contributed by atoms with Crippen molar-refractivity contribution in [2.24, 2.45) is 5.92 Å². The minimum Gasteiger partial charge on any atom is -0.471 e. The topological polar surface area (TPSA) is 98.8 Å². The van der Waals surface area contributed by atoms with Gasteiger partial charge in [-0.25, -0.2) is 4.79 Å². The number of ether oxygens (including phenoxy) is 1. The largest absolute Gasteiger partial charge is 0.471 e. The summed E-state index contributed by atoms with van der Waals surface area (Å²) in [6.45, 7) is 1.02. The van der Waals surface area contributed by atoms with Gasteiger partial charge in [-0.1, -0.05) is 30.3 Å². The van der Waals surface area contributed by atoms with Crippen molar-refractivity contribution in [1.82, 2.24) is 19.5 Å². The van der Waals surface area contributed by atoms with Crippen molar-refractivity contribution in [1.29, 1.82) is 0 Å². The Labute approximate surface area is 132 Å². The lowest BCUT2D eigenvalue weighted by atomic mass is 10.2. The van der Waals surface area contributed by atoms with Gasteiger partial charge in [-0.05, 0) is 24.3 Å². The Hall–Kier alpha value is -2.83. The maximum Gasteiger partial charge on any atom is 0.327 e. The number of nitrogens with two attached hydrogens (primary N) is 1. The van der Waals surface area contributed by atoms with Crippen LogP contribution in [0.25, 0.3) is 11.2 Å². The van der Waals surface area contributed by atoms with Crippen LogP contribution in [0.1, 0.15) is 18.4 Å². The van der Waals surface area contributed by atoms with E-state index in [9.17, 15) is 4.79 Å². The number of rotatable bonds is 5. The van der Waals surface area contributed by atoms with E-state index in [1.54, 1.807) is 4.57 Å². The van der Waals surface area contributed by atoms with E-state index in [4.69, 9.17) is 10.5 Å². The summed E-state index contributed by atoms with van der Waals surface area (Å²) in [7, 11) is 0. The van der Waals surface area contributed by atoms with Gasteiger partial charge in [0.05, 0.1) is 0 Å². The number of nitrogens with one attached hydrogen (secondary N) is 1. The van der Waals surface area contributed by atoms with E-state index in [1.807, 2.05) is 30.3 Å². The van der Waals surface area contributed by atoms with Gasteiger partial charge >= 0.3 is 5.69 Å². The fourth-order valence-corrected chi connectivity index (χ4v) is 2.61. The van der Waals surface area contributed by atoms with Crippen LogP contribution in [0.2, 0.25) is 0 Å². The van der Waals surface area contributed by atoms with E-state index >= 15 is 0 Å². The number of aromatic amines is 1. The molecule has 1 aromatic carbocycles. The van der Waals surface area contributed by atoms with Gasteiger partial charge in [-0.3, -0.25) is 9.55 Å². The van der Waals surface area contributed by atoms with Gasteiger partial charge in [0.15, 0.2) is 11.2 Å². The van der Waals surface area contributed by atoms with Gasteiger partial charge in [-0.2, -0.15) is 9.97 Å². The highest BCUT2D eigenvalue weighted by Gasteiger charge is 2.25. The highest BCUT2D eigenvalue weighted by molar-refractivity contribution is 5.77. The van der Waals surface area contributed by atoms with Crippen molar-refractivity contribution < 1.29 is 4.74 Å². The molecule has 3 aromatic rings. The molecule has 1 saturated carbocycles. The Morgan fingerprint density at radius 1 is 1.26 bits per heavy atom. The lowest BCUT2D eigenvalue weighted by Crippen LogP contribution is -2.18. The van der Waals surface area contributed by atoms with Crippen LogP contribution >= 0.6 is 0 Å². The van der Waals surface area contributed by atoms with Gasteiger partial charge in [0.2, 0.25) is 11.8 Å². The quantitative estimate of drug-likeness (QED) is 0.747. The number of nitrogen functional groups attached to an aromatic ring is 1. The second-order valence-corrected chi connectivity index (χ2v) is 5.84. The molecule has 4 rings (SSSR count). The summed E-state index contributed by atoms with van der Waals surface area (Å²) in [5.41, 5.74) is 7.57. The molecule has 0 radical (unpaired) electrons. The molecule has 0 amide bonds. The molecule has 3 N–H and O–H groups in total. The van der Waals surface area contributed by atoms with E-state index in [0.717, 1.165) is 18.4 Å². The molecule has 0 spiro atoms. The Kier molecular flexibility index (Phi) is 3.25. The summed E-state index contributed by atoms with van der Waals surface area (Å²) in [6.07, 6.45) is 2.30. The monoisotopic (exact) mass is 311 g/mol. The number of hydrogen-bond donors (Lipinski definition) is 2. The van der Waals surface area contributed by atoms with Gasteiger partial charge in [0.1, 0.15) is 6.61 Å². The molecule has 0 bridgehead atoms. The zero-order valence-corrected chi connectivity index (χ0v) is 12.5. The fraction of sp³-hybridized carbons (Fsp3) is 0.312. The van der Waals surface area contributed by atoms with Crippen LogP contribution in [0, 0.1) is 5.92 Å². The number of nitrogens with zero attached hydrogens (tertiary/aromatic N) is 3. The molecule has 2 aromatic heterocycles. The lowest BCUT2D eigenvalue weighted by molar-refractivity contribution is 0.296. The molecule has 0 saturated heterocycles. The SMILES string of the molecule is Nc1nc(OCc2ccccc2)c2c(n1)[nH]c(=O)n2CC1CC1. The molecule has 7 heteroatoms. The Morgan fingerprint density at radius 2 is 2.04 bits per heavy atom. The van der Waals surface area contributed by atoms with Crippen LogP contribution in [0.15, 0.2) is 35.1 Å². The van der Waals surface area contributed by atoms with Crippen LogP contribution < -0.4 is 16.2 Å². The Morgan fingerprint density at radius 3 is 2.78 bits per heavy atom. The predicted molar refractivity (Wildman–Crippen MR) is 86.1 cm³/mol. The third-order valence-electron chi connectivity index (χ3n) is 3.97. The maximum absolute atomic E-state index is 12.2. The smallest absolute Gasteiger partial charge is 0.327 e. The van der Waals surface area contributed by atoms with Crippen molar-refractivity contribution >= 4 is 17.1 Å². The van der Waals surface area contributed by atoms with Crippen molar-refractivity contribution in [3.63, 3.8) is 0 Å². The average Bonchev–Trinajstić information content (AvgIpc) is 3.30. The normalized spacial score (nSPS) is 14.3. The summed E-state index contributed by atoms with van der Waals surface area (Å²) >= 11 is 0. The molecule has 2 heterocycles. The molecule has 7 nitrogen and oxygen atoms in total. The number of imidazole rings is 1. The molecule has 118 valence electrons. The zero-order valence-electron chi connectivity index (χ0n) is 12.5. The number of anilines is 1. The second kappa shape index (κ2) is 5.42. The van der Waals surface area contributed by atoms with Crippen LogP contribution in [-0.2, 0) is 13.2 Å². The third kappa shape index (κ3) is 2.77. The molecule has 1 fully saturated rings. The summed E-state index contributed by atoms with van der Waals surface area (Å²) in [5.74, 6) is 0.974. The number of aromatic nitrogens is 4. The van der Waals surface area contributed by atoms with Gasteiger partial charge < -0.3 is 10.5 Å². The molecular formula is C16H17N5O2. The number of benzene rings is 1. The van der Waals surface area contributed by atoms with Crippen LogP contribution in [-0.4, -0.2) is 19.5 Å². The highest BCUT2D eigenvalue weighted by atomic mass is 16.5. The molecular weight excluding hydrogens is 294 g/mol. The van der Waals surface area contributed by atoms with Gasteiger partial charge in [0.25, 0.3) is 0 Å². The molecule has 0 aliphatic heterocycles. The second-order valence-electron chi connectivity index (χ2n) is 5.84. The number of H-pyrrole nitrogens is 1. The van der Waals surface area contributed by atoms with E-state index in [2.05, 4.69) is 15.0 Å². The van der Waals surface area contributed by atoms with Gasteiger partial charge in [-0.15, -0.1) is 0 Å².